The van der Waals surface area contributed by atoms with Crippen LogP contribution in [0.25, 0.3) is 0 Å². The monoisotopic (exact) mass is 345 g/mol. The predicted octanol–water partition coefficient (Wildman–Crippen LogP) is 2.14. The molecular weight excluding hydrogens is 322 g/mol. The topological polar surface area (TPSA) is 136 Å². The van der Waals surface area contributed by atoms with Gasteiger partial charge in [0.2, 0.25) is 11.8 Å². The third-order valence-corrected chi connectivity index (χ3v) is 3.56. The van der Waals surface area contributed by atoms with Crippen LogP contribution in [0, 0.1) is 12.8 Å². The van der Waals surface area contributed by atoms with Crippen LogP contribution >= 0.6 is 0 Å². The predicted molar refractivity (Wildman–Crippen MR) is 95.5 cm³/mol. The van der Waals surface area contributed by atoms with Gasteiger partial charge in [-0.1, -0.05) is 19.0 Å². The van der Waals surface area contributed by atoms with Gasteiger partial charge in [0.05, 0.1) is 16.9 Å². The van der Waals surface area contributed by atoms with Crippen LogP contribution < -0.4 is 22.1 Å². The number of aromatic nitrogens is 1. The van der Waals surface area contributed by atoms with E-state index in [0.29, 0.717) is 40.9 Å². The molecule has 0 aliphatic carbocycles. The number of aryl methyl sites for hydroxylation is 1. The molecule has 8 heteroatoms. The van der Waals surface area contributed by atoms with Gasteiger partial charge >= 0.3 is 0 Å². The number of carbonyl (C=O) groups is 2. The molecule has 0 spiro atoms. The van der Waals surface area contributed by atoms with Gasteiger partial charge in [0, 0.05) is 11.8 Å². The number of hydrogen-bond acceptors (Lipinski definition) is 6. The summed E-state index contributed by atoms with van der Waals surface area (Å²) in [4.78, 5) is 23.3. The maximum Gasteiger partial charge on any atom is 0.250 e. The Morgan fingerprint density at radius 1 is 1.24 bits per heavy atom. The molecule has 0 fully saturated rings. The quantitative estimate of drug-likeness (QED) is 0.578. The summed E-state index contributed by atoms with van der Waals surface area (Å²) in [7, 11) is 0. The van der Waals surface area contributed by atoms with Crippen molar-refractivity contribution in [1.29, 1.82) is 0 Å². The van der Waals surface area contributed by atoms with Crippen molar-refractivity contribution in [3.63, 3.8) is 0 Å². The number of hydrogen-bond donors (Lipinski definition) is 4. The number of carbonyl (C=O) groups excluding carboxylic acids is 2. The highest BCUT2D eigenvalue weighted by Gasteiger charge is 2.18. The molecule has 1 aromatic heterocycles. The molecule has 1 heterocycles. The zero-order chi connectivity index (χ0) is 18.6. The number of primary amides is 2. The van der Waals surface area contributed by atoms with E-state index in [2.05, 4.69) is 15.8 Å². The molecule has 6 N–H and O–H groups in total. The highest BCUT2D eigenvalue weighted by molar-refractivity contribution is 6.00. The van der Waals surface area contributed by atoms with Crippen LogP contribution in [0.3, 0.4) is 0 Å². The lowest BCUT2D eigenvalue weighted by atomic mass is 10.0. The Bertz CT molecular complexity index is 769. The maximum atomic E-state index is 11.6. The fourth-order valence-corrected chi connectivity index (χ4v) is 2.43. The Labute approximate surface area is 145 Å². The second-order valence-corrected chi connectivity index (χ2v) is 6.31. The van der Waals surface area contributed by atoms with E-state index >= 15 is 0 Å². The second-order valence-electron chi connectivity index (χ2n) is 6.31. The van der Waals surface area contributed by atoms with Crippen LogP contribution in [0.5, 0.6) is 0 Å². The molecule has 0 saturated heterocycles. The molecule has 2 rings (SSSR count). The Balaban J connectivity index is 2.29. The van der Waals surface area contributed by atoms with Crippen molar-refractivity contribution in [2.24, 2.45) is 17.4 Å². The standard InChI is InChI=1S/C17H23N5O3/c1-9(2)6-14(17(19)24)20-11-4-5-12(16(18)23)13(8-11)21-15-7-10(3)22-25-15/h4-5,7-9,14,20-21H,6H2,1-3H3,(H2,18,23)(H2,19,24). The Hall–Kier alpha value is -3.03. The lowest BCUT2D eigenvalue weighted by Gasteiger charge is -2.19. The molecule has 134 valence electrons. The highest BCUT2D eigenvalue weighted by atomic mass is 16.5. The third kappa shape index (κ3) is 4.97. The van der Waals surface area contributed by atoms with Crippen molar-refractivity contribution in [3.05, 3.63) is 35.5 Å². The summed E-state index contributed by atoms with van der Waals surface area (Å²) in [5.74, 6) is -0.345. The summed E-state index contributed by atoms with van der Waals surface area (Å²) in [6, 6.07) is 6.10. The molecule has 25 heavy (non-hydrogen) atoms. The minimum Gasteiger partial charge on any atom is -0.374 e. The van der Waals surface area contributed by atoms with Crippen molar-refractivity contribution >= 4 is 29.1 Å². The van der Waals surface area contributed by atoms with E-state index < -0.39 is 17.9 Å². The SMILES string of the molecule is Cc1cc(Nc2cc(NC(CC(C)C)C(N)=O)ccc2C(N)=O)on1. The smallest absolute Gasteiger partial charge is 0.250 e. The summed E-state index contributed by atoms with van der Waals surface area (Å²) in [6.07, 6.45) is 0.594. The zero-order valence-electron chi connectivity index (χ0n) is 14.5. The molecular formula is C17H23N5O3. The molecule has 1 atom stereocenters. The Morgan fingerprint density at radius 3 is 2.48 bits per heavy atom. The number of nitrogens with one attached hydrogen (secondary N) is 2. The molecule has 0 saturated carbocycles. The number of benzene rings is 1. The number of nitrogens with zero attached hydrogens (tertiary/aromatic N) is 1. The molecule has 0 radical (unpaired) electrons. The van der Waals surface area contributed by atoms with Gasteiger partial charge in [-0.25, -0.2) is 0 Å². The first-order chi connectivity index (χ1) is 11.8. The molecule has 0 bridgehead atoms. The fourth-order valence-electron chi connectivity index (χ4n) is 2.43. The van der Waals surface area contributed by atoms with Gasteiger partial charge in [0.25, 0.3) is 5.91 Å². The van der Waals surface area contributed by atoms with Gasteiger partial charge in [-0.15, -0.1) is 0 Å². The summed E-state index contributed by atoms with van der Waals surface area (Å²) in [6.45, 7) is 5.80. The van der Waals surface area contributed by atoms with E-state index in [-0.39, 0.29) is 0 Å². The Morgan fingerprint density at radius 2 is 1.96 bits per heavy atom. The van der Waals surface area contributed by atoms with E-state index in [1.807, 2.05) is 13.8 Å². The average Bonchev–Trinajstić information content (AvgIpc) is 2.91. The van der Waals surface area contributed by atoms with Gasteiger partial charge in [-0.3, -0.25) is 9.59 Å². The highest BCUT2D eigenvalue weighted by Crippen LogP contribution is 2.26. The van der Waals surface area contributed by atoms with Gasteiger partial charge in [-0.2, -0.15) is 0 Å². The molecule has 1 aromatic carbocycles. The zero-order valence-corrected chi connectivity index (χ0v) is 14.5. The largest absolute Gasteiger partial charge is 0.374 e. The van der Waals surface area contributed by atoms with Gasteiger partial charge in [0.15, 0.2) is 0 Å². The average molecular weight is 345 g/mol. The van der Waals surface area contributed by atoms with E-state index in [1.165, 1.54) is 0 Å². The summed E-state index contributed by atoms with van der Waals surface area (Å²) in [5, 5.41) is 9.85. The van der Waals surface area contributed by atoms with E-state index in [0.717, 1.165) is 0 Å². The minimum atomic E-state index is -0.584. The number of amides is 2. The van der Waals surface area contributed by atoms with Crippen LogP contribution in [0.4, 0.5) is 17.3 Å². The van der Waals surface area contributed by atoms with Crippen molar-refractivity contribution < 1.29 is 14.1 Å². The van der Waals surface area contributed by atoms with Gasteiger partial charge in [0.1, 0.15) is 6.04 Å². The first kappa shape index (κ1) is 18.3. The van der Waals surface area contributed by atoms with Gasteiger partial charge in [-0.05, 0) is 37.5 Å². The molecule has 0 aliphatic rings. The molecule has 1 unspecified atom stereocenters. The second kappa shape index (κ2) is 7.69. The minimum absolute atomic E-state index is 0.291. The summed E-state index contributed by atoms with van der Waals surface area (Å²) >= 11 is 0. The summed E-state index contributed by atoms with van der Waals surface area (Å²) in [5.41, 5.74) is 12.9. The van der Waals surface area contributed by atoms with Crippen LogP contribution in [0.15, 0.2) is 28.8 Å². The molecule has 2 amide bonds. The third-order valence-electron chi connectivity index (χ3n) is 3.56. The fraction of sp³-hybridized carbons (Fsp3) is 0.353. The normalized spacial score (nSPS) is 12.0. The first-order valence-electron chi connectivity index (χ1n) is 7.96. The van der Waals surface area contributed by atoms with Crippen molar-refractivity contribution in [3.8, 4) is 0 Å². The van der Waals surface area contributed by atoms with E-state index in [9.17, 15) is 9.59 Å². The molecule has 2 aromatic rings. The maximum absolute atomic E-state index is 11.6. The van der Waals surface area contributed by atoms with E-state index in [1.54, 1.807) is 31.2 Å². The van der Waals surface area contributed by atoms with E-state index in [4.69, 9.17) is 16.0 Å². The van der Waals surface area contributed by atoms with Crippen molar-refractivity contribution in [2.75, 3.05) is 10.6 Å². The lowest BCUT2D eigenvalue weighted by molar-refractivity contribution is -0.119. The number of rotatable bonds is 8. The lowest BCUT2D eigenvalue weighted by Crippen LogP contribution is -2.36. The number of nitrogens with two attached hydrogens (primary N) is 2. The van der Waals surface area contributed by atoms with Crippen molar-refractivity contribution in [2.45, 2.75) is 33.2 Å². The van der Waals surface area contributed by atoms with Gasteiger partial charge < -0.3 is 26.6 Å². The van der Waals surface area contributed by atoms with Crippen LogP contribution in [0.2, 0.25) is 0 Å². The first-order valence-corrected chi connectivity index (χ1v) is 7.96. The van der Waals surface area contributed by atoms with Crippen LogP contribution in [-0.2, 0) is 4.79 Å². The van der Waals surface area contributed by atoms with Crippen molar-refractivity contribution in [1.82, 2.24) is 5.16 Å². The molecule has 8 nitrogen and oxygen atoms in total. The Kier molecular flexibility index (Phi) is 5.63. The summed E-state index contributed by atoms with van der Waals surface area (Å²) < 4.78 is 5.11. The van der Waals surface area contributed by atoms with Crippen LogP contribution in [-0.4, -0.2) is 23.0 Å². The molecule has 0 aliphatic heterocycles. The van der Waals surface area contributed by atoms with Crippen LogP contribution in [0.1, 0.15) is 36.3 Å². The number of anilines is 3.